The second-order valence-corrected chi connectivity index (χ2v) is 5.88. The topological polar surface area (TPSA) is 65.9 Å². The van der Waals surface area contributed by atoms with Crippen LogP contribution in [-0.4, -0.2) is 10.0 Å². The largest absolute Gasteiger partial charge is 0.412 e. The summed E-state index contributed by atoms with van der Waals surface area (Å²) >= 11 is 0. The third-order valence-electron chi connectivity index (χ3n) is 2.56. The molecule has 0 amide bonds. The molecule has 0 saturated carbocycles. The molecule has 1 aromatic heterocycles. The quantitative estimate of drug-likeness (QED) is 0.670. The monoisotopic (exact) mass is 304 g/mol. The maximum Gasteiger partial charge on any atom is 0.323 e. The summed E-state index contributed by atoms with van der Waals surface area (Å²) < 4.78 is 1.64. The molecule has 2 N–H and O–H groups in total. The van der Waals surface area contributed by atoms with Crippen LogP contribution in [0.5, 0.6) is 0 Å². The summed E-state index contributed by atoms with van der Waals surface area (Å²) in [4.78, 5) is 17.2. The summed E-state index contributed by atoms with van der Waals surface area (Å²) in [5, 5.41) is 0. The van der Waals surface area contributed by atoms with Gasteiger partial charge in [0, 0.05) is 0 Å². The number of benzene rings is 2. The fraction of sp³-hybridized carbons (Fsp3) is 0. The Balaban J connectivity index is 0.00000147. The number of aromatic nitrogens is 1. The van der Waals surface area contributed by atoms with Crippen LogP contribution in [0.3, 0.4) is 0 Å². The summed E-state index contributed by atoms with van der Waals surface area (Å²) in [6.07, 6.45) is 0. The Morgan fingerprint density at radius 3 is 2.10 bits per heavy atom. The Morgan fingerprint density at radius 2 is 1.45 bits per heavy atom. The Kier molecular flexibility index (Phi) is 4.62. The van der Waals surface area contributed by atoms with Crippen molar-refractivity contribution in [3.8, 4) is 5.69 Å². The highest BCUT2D eigenvalue weighted by Crippen LogP contribution is 2.10. The molecule has 0 aliphatic heterocycles. The Bertz CT molecular complexity index is 789. The van der Waals surface area contributed by atoms with E-state index >= 15 is 0 Å². The number of para-hydroxylation sites is 2. The van der Waals surface area contributed by atoms with Crippen molar-refractivity contribution in [3.63, 3.8) is 0 Å². The lowest BCUT2D eigenvalue weighted by Gasteiger charge is -1.99. The molecule has 0 aliphatic carbocycles. The average molecular weight is 304 g/mol. The first kappa shape index (κ1) is 14.4. The predicted octanol–water partition coefficient (Wildman–Crippen LogP) is 2.37. The van der Waals surface area contributed by atoms with Crippen molar-refractivity contribution in [2.24, 2.45) is 4.99 Å². The highest BCUT2D eigenvalue weighted by Gasteiger charge is 2.05. The van der Waals surface area contributed by atoms with Gasteiger partial charge in [-0.15, -0.1) is 0 Å². The van der Waals surface area contributed by atoms with E-state index < -0.39 is 0 Å². The van der Waals surface area contributed by atoms with Gasteiger partial charge in [0.2, 0.25) is 4.80 Å². The lowest BCUT2D eigenvalue weighted by Crippen LogP contribution is -2.22. The van der Waals surface area contributed by atoms with Crippen molar-refractivity contribution in [2.75, 3.05) is 0 Å². The predicted molar refractivity (Wildman–Crippen MR) is 83.1 cm³/mol. The van der Waals surface area contributed by atoms with Crippen molar-refractivity contribution in [3.05, 3.63) is 75.1 Å². The zero-order valence-electron chi connectivity index (χ0n) is 10.4. The van der Waals surface area contributed by atoms with Gasteiger partial charge in [-0.05, 0) is 44.9 Å². The van der Waals surface area contributed by atoms with E-state index in [1.54, 1.807) is 4.57 Å². The molecule has 0 radical (unpaired) electrons. The summed E-state index contributed by atoms with van der Waals surface area (Å²) in [6.45, 7) is 0. The molecule has 20 heavy (non-hydrogen) atoms. The maximum absolute atomic E-state index is 12.0. The molecule has 0 bridgehead atoms. The van der Waals surface area contributed by atoms with Gasteiger partial charge in [-0.3, -0.25) is 4.79 Å². The van der Waals surface area contributed by atoms with E-state index in [-0.39, 0.29) is 10.3 Å². The molecule has 0 fully saturated rings. The van der Waals surface area contributed by atoms with Gasteiger partial charge in [0.25, 0.3) is 0 Å². The molecule has 1 heterocycles. The third kappa shape index (κ3) is 2.93. The smallest absolute Gasteiger partial charge is 0.323 e. The van der Waals surface area contributed by atoms with Gasteiger partial charge in [-0.2, -0.15) is 0 Å². The zero-order valence-corrected chi connectivity index (χ0v) is 12.0. The Hall–Kier alpha value is -2.02. The van der Waals surface area contributed by atoms with Crippen LogP contribution in [0.15, 0.2) is 70.5 Å². The first-order valence-electron chi connectivity index (χ1n) is 5.72. The fourth-order valence-electron chi connectivity index (χ4n) is 1.70. The minimum atomic E-state index is -0.00844. The molecule has 0 atom stereocenters. The Morgan fingerprint density at radius 1 is 0.850 bits per heavy atom. The van der Waals surface area contributed by atoms with Crippen molar-refractivity contribution < 1.29 is 5.48 Å². The van der Waals surface area contributed by atoms with E-state index in [0.717, 1.165) is 11.4 Å². The first-order valence-corrected chi connectivity index (χ1v) is 7.87. The van der Waals surface area contributed by atoms with Gasteiger partial charge in [0.05, 0.1) is 11.4 Å². The minimum absolute atomic E-state index is 0. The van der Waals surface area contributed by atoms with Crippen LogP contribution in [0.2, 0.25) is 0 Å². The molecule has 3 rings (SSSR count). The van der Waals surface area contributed by atoms with Gasteiger partial charge in [0.15, 0.2) is 0 Å². The number of rotatable bonds is 2. The molecule has 102 valence electrons. The normalized spacial score (nSPS) is 11.1. The molecule has 3 aromatic rings. The molecule has 2 aromatic carbocycles. The van der Waals surface area contributed by atoms with Gasteiger partial charge in [-0.25, -0.2) is 9.56 Å². The van der Waals surface area contributed by atoms with Gasteiger partial charge in [0.1, 0.15) is 0 Å². The molecular formula is C14H12N2O2S2. The molecule has 0 unspecified atom stereocenters. The van der Waals surface area contributed by atoms with Crippen LogP contribution in [0.4, 0.5) is 5.69 Å². The highest BCUT2D eigenvalue weighted by molar-refractivity contribution is 7.67. The van der Waals surface area contributed by atoms with E-state index in [1.807, 2.05) is 60.7 Å². The van der Waals surface area contributed by atoms with E-state index in [0.29, 0.717) is 4.80 Å². The fourth-order valence-corrected chi connectivity index (χ4v) is 3.57. The van der Waals surface area contributed by atoms with Crippen molar-refractivity contribution >= 4 is 26.4 Å². The summed E-state index contributed by atoms with van der Waals surface area (Å²) in [5.74, 6) is 0. The van der Waals surface area contributed by atoms with Crippen LogP contribution < -0.4 is 9.67 Å². The second kappa shape index (κ2) is 6.42. The van der Waals surface area contributed by atoms with E-state index in [9.17, 15) is 4.79 Å². The zero-order chi connectivity index (χ0) is 13.1. The molecule has 6 heteroatoms. The lowest BCUT2D eigenvalue weighted by atomic mass is 10.3. The second-order valence-electron chi connectivity index (χ2n) is 3.83. The van der Waals surface area contributed by atoms with Crippen LogP contribution in [0.25, 0.3) is 5.69 Å². The van der Waals surface area contributed by atoms with Crippen molar-refractivity contribution in [2.45, 2.75) is 0 Å². The average Bonchev–Trinajstić information content (AvgIpc) is 2.82. The van der Waals surface area contributed by atoms with Gasteiger partial charge in [-0.1, -0.05) is 36.4 Å². The third-order valence-corrected chi connectivity index (χ3v) is 4.51. The van der Waals surface area contributed by atoms with E-state index in [4.69, 9.17) is 0 Å². The SMILES string of the molecule is O.O=c1ssc(=Nc2ccccc2)n1-c1ccccc1. The number of hydrogen-bond acceptors (Lipinski definition) is 4. The number of hydrogen-bond donors (Lipinski definition) is 0. The summed E-state index contributed by atoms with van der Waals surface area (Å²) in [6, 6.07) is 19.2. The molecule has 0 saturated heterocycles. The minimum Gasteiger partial charge on any atom is -0.412 e. The first-order chi connectivity index (χ1) is 9.34. The van der Waals surface area contributed by atoms with Crippen LogP contribution >= 0.6 is 20.7 Å². The Labute approximate surface area is 122 Å². The van der Waals surface area contributed by atoms with E-state index in [1.165, 1.54) is 20.7 Å². The lowest BCUT2D eigenvalue weighted by molar-refractivity contribution is 0.824. The van der Waals surface area contributed by atoms with Gasteiger partial charge < -0.3 is 5.48 Å². The molecule has 4 nitrogen and oxygen atoms in total. The van der Waals surface area contributed by atoms with Crippen LogP contribution in [-0.2, 0) is 0 Å². The van der Waals surface area contributed by atoms with Crippen molar-refractivity contribution in [1.82, 2.24) is 4.57 Å². The molecular weight excluding hydrogens is 292 g/mol. The van der Waals surface area contributed by atoms with Gasteiger partial charge >= 0.3 is 4.87 Å². The molecule has 0 spiro atoms. The summed E-state index contributed by atoms with van der Waals surface area (Å²) in [5.41, 5.74) is 1.70. The standard InChI is InChI=1S/C14H10N2OS2.H2O/c17-14-16(12-9-5-2-6-10-12)13(18-19-14)15-11-7-3-1-4-8-11;/h1-10H;1H2. The van der Waals surface area contributed by atoms with Crippen LogP contribution in [0.1, 0.15) is 0 Å². The number of nitrogens with zero attached hydrogens (tertiary/aromatic N) is 2. The van der Waals surface area contributed by atoms with Crippen LogP contribution in [0, 0.1) is 0 Å². The summed E-state index contributed by atoms with van der Waals surface area (Å²) in [7, 11) is 2.59. The molecule has 0 aliphatic rings. The van der Waals surface area contributed by atoms with E-state index in [2.05, 4.69) is 4.99 Å². The van der Waals surface area contributed by atoms with Crippen molar-refractivity contribution in [1.29, 1.82) is 0 Å². The highest BCUT2D eigenvalue weighted by atomic mass is 32.9. The maximum atomic E-state index is 12.0.